The molecule has 0 amide bonds. The first-order valence-corrected chi connectivity index (χ1v) is 10.2. The molecule has 2 aromatic carbocycles. The summed E-state index contributed by atoms with van der Waals surface area (Å²) in [7, 11) is 0. The van der Waals surface area contributed by atoms with Crippen molar-refractivity contribution in [2.75, 3.05) is 4.90 Å². The molecule has 156 valence electrons. The number of hydrogen-bond acceptors (Lipinski definition) is 6. The lowest BCUT2D eigenvalue weighted by Crippen LogP contribution is -2.39. The summed E-state index contributed by atoms with van der Waals surface area (Å²) in [5.41, 5.74) is 10.1. The lowest BCUT2D eigenvalue weighted by Gasteiger charge is -2.40. The van der Waals surface area contributed by atoms with Crippen molar-refractivity contribution in [3.8, 4) is 6.07 Å². The van der Waals surface area contributed by atoms with Crippen LogP contribution in [0.15, 0.2) is 65.1 Å². The second-order valence-corrected chi connectivity index (χ2v) is 7.96. The summed E-state index contributed by atoms with van der Waals surface area (Å²) >= 11 is 6.33. The molecule has 0 saturated heterocycles. The molecule has 1 aliphatic carbocycles. The molecule has 0 bridgehead atoms. The number of anilines is 1. The molecule has 7 nitrogen and oxygen atoms in total. The van der Waals surface area contributed by atoms with Gasteiger partial charge in [0.25, 0.3) is 5.69 Å². The van der Waals surface area contributed by atoms with Crippen molar-refractivity contribution < 1.29 is 9.72 Å². The Labute approximate surface area is 184 Å². The maximum Gasteiger partial charge on any atom is 0.269 e. The fourth-order valence-corrected chi connectivity index (χ4v) is 4.49. The number of non-ortho nitro benzene ring substituents is 1. The van der Waals surface area contributed by atoms with E-state index in [2.05, 4.69) is 6.07 Å². The Bertz CT molecular complexity index is 1210. The Morgan fingerprint density at radius 3 is 2.58 bits per heavy atom. The summed E-state index contributed by atoms with van der Waals surface area (Å²) in [5.74, 6) is -0.469. The molecule has 4 rings (SSSR count). The van der Waals surface area contributed by atoms with E-state index in [0.29, 0.717) is 35.4 Å². The predicted molar refractivity (Wildman–Crippen MR) is 117 cm³/mol. The van der Waals surface area contributed by atoms with E-state index in [4.69, 9.17) is 17.3 Å². The Hall–Kier alpha value is -3.63. The van der Waals surface area contributed by atoms with Gasteiger partial charge >= 0.3 is 0 Å². The van der Waals surface area contributed by atoms with Gasteiger partial charge in [0.1, 0.15) is 5.82 Å². The lowest BCUT2D eigenvalue weighted by atomic mass is 9.75. The average molecular weight is 435 g/mol. The van der Waals surface area contributed by atoms with Crippen molar-refractivity contribution in [3.05, 3.63) is 91.4 Å². The lowest BCUT2D eigenvalue weighted by molar-refractivity contribution is -0.384. The summed E-state index contributed by atoms with van der Waals surface area (Å²) in [4.78, 5) is 25.4. The van der Waals surface area contributed by atoms with E-state index in [9.17, 15) is 20.2 Å². The van der Waals surface area contributed by atoms with E-state index in [1.165, 1.54) is 12.1 Å². The number of benzene rings is 2. The molecule has 31 heavy (non-hydrogen) atoms. The molecule has 2 aliphatic rings. The largest absolute Gasteiger partial charge is 0.384 e. The zero-order valence-electron chi connectivity index (χ0n) is 16.8. The van der Waals surface area contributed by atoms with Crippen LogP contribution in [0.1, 0.15) is 36.3 Å². The summed E-state index contributed by atoms with van der Waals surface area (Å²) in [6, 6.07) is 13.5. The van der Waals surface area contributed by atoms with Crippen LogP contribution >= 0.6 is 11.6 Å². The highest BCUT2D eigenvalue weighted by Crippen LogP contribution is 2.47. The number of Topliss-reactive ketones (excluding diaryl/α,β-unsaturated/α-hetero) is 1. The maximum absolute atomic E-state index is 13.1. The number of rotatable bonds is 3. The first-order chi connectivity index (χ1) is 14.8. The van der Waals surface area contributed by atoms with Crippen LogP contribution in [0.25, 0.3) is 0 Å². The topological polar surface area (TPSA) is 113 Å². The number of nitro benzene ring substituents is 1. The highest BCUT2D eigenvalue weighted by Gasteiger charge is 2.40. The van der Waals surface area contributed by atoms with Crippen molar-refractivity contribution in [2.24, 2.45) is 5.73 Å². The van der Waals surface area contributed by atoms with Gasteiger partial charge in [0.2, 0.25) is 0 Å². The molecule has 0 saturated carbocycles. The summed E-state index contributed by atoms with van der Waals surface area (Å²) in [6.07, 6.45) is 1.68. The van der Waals surface area contributed by atoms with E-state index in [-0.39, 0.29) is 22.9 Å². The third-order valence-corrected chi connectivity index (χ3v) is 6.24. The van der Waals surface area contributed by atoms with Crippen molar-refractivity contribution in [1.82, 2.24) is 0 Å². The second-order valence-electron chi connectivity index (χ2n) is 7.55. The van der Waals surface area contributed by atoms with Crippen molar-refractivity contribution in [3.63, 3.8) is 0 Å². The fourth-order valence-electron chi connectivity index (χ4n) is 4.32. The second kappa shape index (κ2) is 7.89. The molecule has 0 unspecified atom stereocenters. The first kappa shape index (κ1) is 20.6. The number of hydrogen-bond donors (Lipinski definition) is 1. The minimum atomic E-state index is -0.663. The van der Waals surface area contributed by atoms with Gasteiger partial charge in [0.05, 0.1) is 28.2 Å². The highest BCUT2D eigenvalue weighted by atomic mass is 35.5. The molecular weight excluding hydrogens is 416 g/mol. The molecule has 0 spiro atoms. The molecule has 0 radical (unpaired) electrons. The smallest absolute Gasteiger partial charge is 0.269 e. The Balaban J connectivity index is 1.96. The molecule has 0 fully saturated rings. The zero-order chi connectivity index (χ0) is 22.3. The molecule has 1 heterocycles. The number of halogens is 1. The number of carbonyl (C=O) groups is 1. The van der Waals surface area contributed by atoms with E-state index in [0.717, 1.165) is 16.9 Å². The van der Waals surface area contributed by atoms with Gasteiger partial charge in [-0.15, -0.1) is 0 Å². The molecular formula is C23H19ClN4O3. The highest BCUT2D eigenvalue weighted by molar-refractivity contribution is 6.31. The van der Waals surface area contributed by atoms with Gasteiger partial charge in [-0.2, -0.15) is 5.26 Å². The standard InChI is InChI=1S/C23H19ClN4O3/c1-13-17(24)4-2-5-18(13)27-19-6-3-7-20(29)22(19)21(16(12-25)23(27)26)14-8-10-15(11-9-14)28(30)31/h2,4-5,8-11,21H,3,6-7,26H2,1H3/t21-/m0/s1. The number of carbonyl (C=O) groups excluding carboxylic acids is 1. The van der Waals surface area contributed by atoms with E-state index in [1.54, 1.807) is 29.2 Å². The normalized spacial score (nSPS) is 18.7. The number of allylic oxidation sites excluding steroid dienone is 3. The molecule has 1 atom stereocenters. The number of nitriles is 1. The van der Waals surface area contributed by atoms with Crippen LogP contribution in [0, 0.1) is 28.4 Å². The van der Waals surface area contributed by atoms with Crippen molar-refractivity contribution >= 4 is 28.8 Å². The SMILES string of the molecule is Cc1c(Cl)cccc1N1C(N)=C(C#N)[C@H](c2ccc([N+](=O)[O-])cc2)C2=C1CCCC2=O. The Kier molecular flexibility index (Phi) is 5.25. The molecule has 8 heteroatoms. The van der Waals surface area contributed by atoms with Crippen molar-refractivity contribution in [1.29, 1.82) is 5.26 Å². The van der Waals surface area contributed by atoms with Crippen LogP contribution in [0.4, 0.5) is 11.4 Å². The van der Waals surface area contributed by atoms with Crippen LogP contribution < -0.4 is 10.6 Å². The van der Waals surface area contributed by atoms with E-state index >= 15 is 0 Å². The number of nitro groups is 1. The molecule has 2 N–H and O–H groups in total. The Morgan fingerprint density at radius 2 is 1.94 bits per heavy atom. The van der Waals surface area contributed by atoms with Gasteiger partial charge in [0.15, 0.2) is 5.78 Å². The van der Waals surface area contributed by atoms with Crippen molar-refractivity contribution in [2.45, 2.75) is 32.1 Å². The summed E-state index contributed by atoms with van der Waals surface area (Å²) < 4.78 is 0. The minimum Gasteiger partial charge on any atom is -0.384 e. The van der Waals surface area contributed by atoms with Gasteiger partial charge in [-0.1, -0.05) is 29.8 Å². The number of nitrogens with zero attached hydrogens (tertiary/aromatic N) is 3. The van der Waals surface area contributed by atoms with Gasteiger partial charge in [0, 0.05) is 34.8 Å². The molecule has 0 aromatic heterocycles. The third kappa shape index (κ3) is 3.35. The number of ketones is 1. The zero-order valence-corrected chi connectivity index (χ0v) is 17.5. The monoisotopic (exact) mass is 434 g/mol. The number of nitrogens with two attached hydrogens (primary N) is 1. The van der Waals surface area contributed by atoms with Crippen LogP contribution in [0.2, 0.25) is 5.02 Å². The molecule has 1 aliphatic heterocycles. The summed E-state index contributed by atoms with van der Waals surface area (Å²) in [5, 5.41) is 21.6. The van der Waals surface area contributed by atoms with Gasteiger partial charge < -0.3 is 5.73 Å². The van der Waals surface area contributed by atoms with E-state index in [1.807, 2.05) is 13.0 Å². The predicted octanol–water partition coefficient (Wildman–Crippen LogP) is 4.86. The third-order valence-electron chi connectivity index (χ3n) is 5.83. The van der Waals surface area contributed by atoms with Gasteiger partial charge in [-0.25, -0.2) is 0 Å². The molecule has 2 aromatic rings. The van der Waals surface area contributed by atoms with Crippen LogP contribution in [0.5, 0.6) is 0 Å². The van der Waals surface area contributed by atoms with Crippen LogP contribution in [0.3, 0.4) is 0 Å². The minimum absolute atomic E-state index is 0.0467. The van der Waals surface area contributed by atoms with Gasteiger partial charge in [-0.05, 0) is 43.0 Å². The van der Waals surface area contributed by atoms with E-state index < -0.39 is 10.8 Å². The van der Waals surface area contributed by atoms with Crippen LogP contribution in [-0.2, 0) is 4.79 Å². The Morgan fingerprint density at radius 1 is 1.23 bits per heavy atom. The first-order valence-electron chi connectivity index (χ1n) is 9.80. The maximum atomic E-state index is 13.1. The quantitative estimate of drug-likeness (QED) is 0.545. The average Bonchev–Trinajstić information content (AvgIpc) is 2.75. The van der Waals surface area contributed by atoms with Crippen LogP contribution in [-0.4, -0.2) is 10.7 Å². The fraction of sp³-hybridized carbons (Fsp3) is 0.217. The van der Waals surface area contributed by atoms with Gasteiger partial charge in [-0.3, -0.25) is 19.8 Å². The summed E-state index contributed by atoms with van der Waals surface area (Å²) in [6.45, 7) is 1.87.